The van der Waals surface area contributed by atoms with Crippen LogP contribution in [0.2, 0.25) is 0 Å². The van der Waals surface area contributed by atoms with Gasteiger partial charge in [0.2, 0.25) is 5.91 Å². The van der Waals surface area contributed by atoms with E-state index in [0.717, 1.165) is 12.0 Å². The van der Waals surface area contributed by atoms with Gasteiger partial charge in [0, 0.05) is 23.3 Å². The standard InChI is InChI=1S/C20H19N3O3S2/c1-2-15-3-5-16(6-4-15)7-12-19(24)22-17-8-10-18(11-9-17)28(25,26)23-20-21-13-14-27-20/h3-14H,2H2,1H3,(H,21,23)(H,22,24)/b12-7+. The first-order valence-electron chi connectivity index (χ1n) is 8.56. The number of hydrogen-bond acceptors (Lipinski definition) is 5. The van der Waals surface area contributed by atoms with Gasteiger partial charge in [0.05, 0.1) is 4.90 Å². The highest BCUT2D eigenvalue weighted by atomic mass is 32.2. The number of carbonyl (C=O) groups excluding carboxylic acids is 1. The van der Waals surface area contributed by atoms with Crippen LogP contribution in [0.25, 0.3) is 6.08 Å². The Balaban J connectivity index is 1.61. The number of hydrogen-bond donors (Lipinski definition) is 2. The molecule has 28 heavy (non-hydrogen) atoms. The SMILES string of the molecule is CCc1ccc(/C=C/C(=O)Nc2ccc(S(=O)(=O)Nc3nccs3)cc2)cc1. The summed E-state index contributed by atoms with van der Waals surface area (Å²) in [5.74, 6) is -0.295. The number of anilines is 2. The molecule has 1 amide bonds. The van der Waals surface area contributed by atoms with Crippen molar-refractivity contribution in [2.45, 2.75) is 18.2 Å². The monoisotopic (exact) mass is 413 g/mol. The van der Waals surface area contributed by atoms with Crippen molar-refractivity contribution < 1.29 is 13.2 Å². The summed E-state index contributed by atoms with van der Waals surface area (Å²) in [6, 6.07) is 13.9. The Hall–Kier alpha value is -2.97. The minimum absolute atomic E-state index is 0.0901. The summed E-state index contributed by atoms with van der Waals surface area (Å²) in [6.45, 7) is 2.09. The molecule has 0 atom stereocenters. The Labute approximate surface area is 168 Å². The largest absolute Gasteiger partial charge is 0.323 e. The van der Waals surface area contributed by atoms with Crippen molar-refractivity contribution in [3.63, 3.8) is 0 Å². The molecule has 1 heterocycles. The third kappa shape index (κ3) is 5.28. The summed E-state index contributed by atoms with van der Waals surface area (Å²) in [6.07, 6.45) is 5.66. The van der Waals surface area contributed by atoms with Crippen molar-refractivity contribution in [2.24, 2.45) is 0 Å². The molecule has 3 rings (SSSR count). The zero-order chi connectivity index (χ0) is 20.0. The lowest BCUT2D eigenvalue weighted by atomic mass is 10.1. The van der Waals surface area contributed by atoms with Crippen molar-refractivity contribution in [1.29, 1.82) is 0 Å². The number of aromatic nitrogens is 1. The molecule has 0 fully saturated rings. The van der Waals surface area contributed by atoms with Gasteiger partial charge in [0.25, 0.3) is 10.0 Å². The maximum atomic E-state index is 12.3. The van der Waals surface area contributed by atoms with Crippen LogP contribution in [0, 0.1) is 0 Å². The van der Waals surface area contributed by atoms with Crippen molar-refractivity contribution in [2.75, 3.05) is 10.0 Å². The van der Waals surface area contributed by atoms with Gasteiger partial charge in [-0.2, -0.15) is 0 Å². The number of thiazole rings is 1. The predicted octanol–water partition coefficient (Wildman–Crippen LogP) is 4.16. The summed E-state index contributed by atoms with van der Waals surface area (Å²) < 4.78 is 27.0. The molecule has 2 aromatic carbocycles. The number of sulfonamides is 1. The van der Waals surface area contributed by atoms with Crippen LogP contribution in [-0.4, -0.2) is 19.3 Å². The number of amides is 1. The van der Waals surface area contributed by atoms with Crippen LogP contribution < -0.4 is 10.0 Å². The van der Waals surface area contributed by atoms with Gasteiger partial charge in [-0.05, 0) is 47.9 Å². The second-order valence-corrected chi connectivity index (χ2v) is 8.46. The first kappa shape index (κ1) is 19.8. The number of carbonyl (C=O) groups is 1. The molecule has 0 aliphatic carbocycles. The van der Waals surface area contributed by atoms with Crippen molar-refractivity contribution >= 4 is 44.2 Å². The number of benzene rings is 2. The molecule has 6 nitrogen and oxygen atoms in total. The van der Waals surface area contributed by atoms with Crippen LogP contribution in [0.1, 0.15) is 18.1 Å². The van der Waals surface area contributed by atoms with Crippen LogP contribution >= 0.6 is 11.3 Å². The second kappa shape index (κ2) is 8.81. The number of nitrogens with zero attached hydrogens (tertiary/aromatic N) is 1. The Morgan fingerprint density at radius 3 is 2.43 bits per heavy atom. The van der Waals surface area contributed by atoms with E-state index in [9.17, 15) is 13.2 Å². The quantitative estimate of drug-likeness (QED) is 0.569. The van der Waals surface area contributed by atoms with Crippen LogP contribution in [0.5, 0.6) is 0 Å². The maximum Gasteiger partial charge on any atom is 0.263 e. The molecule has 0 saturated carbocycles. The molecule has 3 aromatic rings. The lowest BCUT2D eigenvalue weighted by Gasteiger charge is -2.07. The Bertz CT molecular complexity index is 1060. The van der Waals surface area contributed by atoms with Crippen LogP contribution in [0.15, 0.2) is 71.1 Å². The van der Waals surface area contributed by atoms with Gasteiger partial charge in [-0.1, -0.05) is 31.2 Å². The lowest BCUT2D eigenvalue weighted by molar-refractivity contribution is -0.111. The average molecular weight is 414 g/mol. The zero-order valence-electron chi connectivity index (χ0n) is 15.1. The third-order valence-corrected chi connectivity index (χ3v) is 6.07. The van der Waals surface area contributed by atoms with Crippen molar-refractivity contribution in [1.82, 2.24) is 4.98 Å². The van der Waals surface area contributed by atoms with E-state index in [2.05, 4.69) is 21.9 Å². The van der Waals surface area contributed by atoms with Crippen molar-refractivity contribution in [3.05, 3.63) is 77.3 Å². The molecule has 0 bridgehead atoms. The number of nitrogens with one attached hydrogen (secondary N) is 2. The maximum absolute atomic E-state index is 12.3. The third-order valence-electron chi connectivity index (χ3n) is 3.90. The van der Waals surface area contributed by atoms with Crippen LogP contribution in [-0.2, 0) is 21.2 Å². The predicted molar refractivity (Wildman–Crippen MR) is 113 cm³/mol. The molecule has 2 N–H and O–H groups in total. The average Bonchev–Trinajstić information content (AvgIpc) is 3.19. The van der Waals surface area contributed by atoms with Gasteiger partial charge in [0.1, 0.15) is 0 Å². The first-order valence-corrected chi connectivity index (χ1v) is 10.9. The first-order chi connectivity index (χ1) is 13.5. The normalized spacial score (nSPS) is 11.5. The van der Waals surface area contributed by atoms with Gasteiger partial charge < -0.3 is 5.32 Å². The molecule has 0 unspecified atom stereocenters. The van der Waals surface area contributed by atoms with Gasteiger partial charge in [-0.15, -0.1) is 11.3 Å². The van der Waals surface area contributed by atoms with E-state index in [4.69, 9.17) is 0 Å². The summed E-state index contributed by atoms with van der Waals surface area (Å²) in [5, 5.41) is 4.69. The molecular weight excluding hydrogens is 394 g/mol. The molecular formula is C20H19N3O3S2. The Morgan fingerprint density at radius 2 is 1.82 bits per heavy atom. The molecule has 0 radical (unpaired) electrons. The molecule has 0 aliphatic rings. The summed E-state index contributed by atoms with van der Waals surface area (Å²) >= 11 is 1.20. The molecule has 0 aliphatic heterocycles. The highest BCUT2D eigenvalue weighted by Crippen LogP contribution is 2.19. The summed E-state index contributed by atoms with van der Waals surface area (Å²) in [7, 11) is -3.71. The molecule has 0 spiro atoms. The van der Waals surface area contributed by atoms with Crippen LogP contribution in [0.3, 0.4) is 0 Å². The van der Waals surface area contributed by atoms with Gasteiger partial charge in [-0.3, -0.25) is 9.52 Å². The van der Waals surface area contributed by atoms with E-state index in [-0.39, 0.29) is 10.8 Å². The minimum Gasteiger partial charge on any atom is -0.323 e. The van der Waals surface area contributed by atoms with E-state index in [1.54, 1.807) is 11.5 Å². The molecule has 144 valence electrons. The molecule has 8 heteroatoms. The van der Waals surface area contributed by atoms with Crippen LogP contribution in [0.4, 0.5) is 10.8 Å². The fraction of sp³-hybridized carbons (Fsp3) is 0.100. The fourth-order valence-corrected chi connectivity index (χ4v) is 4.17. The summed E-state index contributed by atoms with van der Waals surface area (Å²) in [5.41, 5.74) is 2.67. The second-order valence-electron chi connectivity index (χ2n) is 5.88. The highest BCUT2D eigenvalue weighted by molar-refractivity contribution is 7.93. The number of aryl methyl sites for hydroxylation is 1. The van der Waals surface area contributed by atoms with E-state index in [0.29, 0.717) is 10.8 Å². The van der Waals surface area contributed by atoms with Crippen molar-refractivity contribution in [3.8, 4) is 0 Å². The van der Waals surface area contributed by atoms with E-state index >= 15 is 0 Å². The van der Waals surface area contributed by atoms with E-state index in [1.165, 1.54) is 53.4 Å². The van der Waals surface area contributed by atoms with Gasteiger partial charge in [-0.25, -0.2) is 13.4 Å². The highest BCUT2D eigenvalue weighted by Gasteiger charge is 2.15. The smallest absolute Gasteiger partial charge is 0.263 e. The van der Waals surface area contributed by atoms with Gasteiger partial charge >= 0.3 is 0 Å². The molecule has 0 saturated heterocycles. The topological polar surface area (TPSA) is 88.2 Å². The fourth-order valence-electron chi connectivity index (χ4n) is 2.39. The van der Waals surface area contributed by atoms with E-state index < -0.39 is 10.0 Å². The molecule has 1 aromatic heterocycles. The van der Waals surface area contributed by atoms with E-state index in [1.807, 2.05) is 24.3 Å². The Morgan fingerprint density at radius 1 is 1.11 bits per heavy atom. The summed E-state index contributed by atoms with van der Waals surface area (Å²) in [4.78, 5) is 16.1. The zero-order valence-corrected chi connectivity index (χ0v) is 16.8. The Kier molecular flexibility index (Phi) is 6.23. The number of rotatable bonds is 7. The minimum atomic E-state index is -3.71. The lowest BCUT2D eigenvalue weighted by Crippen LogP contribution is -2.13. The van der Waals surface area contributed by atoms with Gasteiger partial charge in [0.15, 0.2) is 5.13 Å².